The lowest BCUT2D eigenvalue weighted by molar-refractivity contribution is -0.124. The molecule has 2 aromatic heterocycles. The van der Waals surface area contributed by atoms with E-state index in [9.17, 15) is 4.79 Å². The number of nitrogens with zero attached hydrogens (tertiary/aromatic N) is 4. The molecule has 1 amide bonds. The van der Waals surface area contributed by atoms with Crippen LogP contribution in [0.4, 0.5) is 17.2 Å². The van der Waals surface area contributed by atoms with E-state index in [1.807, 2.05) is 36.5 Å². The van der Waals surface area contributed by atoms with Crippen LogP contribution < -0.4 is 10.6 Å². The Kier molecular flexibility index (Phi) is 4.57. The van der Waals surface area contributed by atoms with E-state index in [2.05, 4.69) is 25.7 Å². The molecule has 1 aromatic carbocycles. The second kappa shape index (κ2) is 7.32. The number of anilines is 3. The number of carbonyl (C=O) groups excluding carboxylic acids is 1. The highest BCUT2D eigenvalue weighted by atomic mass is 16.5. The lowest BCUT2D eigenvalue weighted by Crippen LogP contribution is -2.26. The molecule has 3 heterocycles. The number of ether oxygens (including phenoxy) is 1. The predicted molar refractivity (Wildman–Crippen MR) is 96.5 cm³/mol. The van der Waals surface area contributed by atoms with E-state index in [4.69, 9.17) is 4.74 Å². The van der Waals surface area contributed by atoms with Gasteiger partial charge in [0.05, 0.1) is 0 Å². The van der Waals surface area contributed by atoms with Gasteiger partial charge in [-0.25, -0.2) is 14.6 Å². The topological polar surface area (TPSA) is 94.0 Å². The Morgan fingerprint density at radius 3 is 2.77 bits per heavy atom. The molecule has 8 nitrogen and oxygen atoms in total. The van der Waals surface area contributed by atoms with Gasteiger partial charge in [-0.15, -0.1) is 0 Å². The highest BCUT2D eigenvalue weighted by Gasteiger charge is 2.23. The Morgan fingerprint density at radius 1 is 1.19 bits per heavy atom. The summed E-state index contributed by atoms with van der Waals surface area (Å²) in [6.45, 7) is 0.653. The molecule has 8 heteroatoms. The second-order valence-corrected chi connectivity index (χ2v) is 5.91. The summed E-state index contributed by atoms with van der Waals surface area (Å²) in [4.78, 5) is 20.5. The molecule has 0 bridgehead atoms. The van der Waals surface area contributed by atoms with Crippen LogP contribution in [0.25, 0.3) is 5.82 Å². The van der Waals surface area contributed by atoms with Crippen molar-refractivity contribution in [3.63, 3.8) is 0 Å². The van der Waals surface area contributed by atoms with E-state index >= 15 is 0 Å². The van der Waals surface area contributed by atoms with E-state index < -0.39 is 0 Å². The SMILES string of the molecule is O=C(Nc1ccc(Nc2cc(-n3cccn3)ncn2)cc1)C1CCCO1. The first-order valence-electron chi connectivity index (χ1n) is 8.39. The van der Waals surface area contributed by atoms with E-state index in [1.165, 1.54) is 6.33 Å². The van der Waals surface area contributed by atoms with Gasteiger partial charge in [0.25, 0.3) is 5.91 Å². The van der Waals surface area contributed by atoms with Gasteiger partial charge in [0.1, 0.15) is 18.2 Å². The second-order valence-electron chi connectivity index (χ2n) is 5.91. The standard InChI is InChI=1S/C18H18N6O2/c25-18(15-3-1-10-26-15)23-14-6-4-13(5-7-14)22-16-11-17(20-12-19-16)24-9-2-8-21-24/h2,4-9,11-12,15H,1,3,10H2,(H,23,25)(H,19,20,22). The number of rotatable bonds is 5. The van der Waals surface area contributed by atoms with Crippen LogP contribution in [0.15, 0.2) is 55.1 Å². The third-order valence-corrected chi connectivity index (χ3v) is 4.04. The lowest BCUT2D eigenvalue weighted by atomic mass is 10.2. The van der Waals surface area contributed by atoms with Crippen LogP contribution in [0.2, 0.25) is 0 Å². The molecule has 0 saturated carbocycles. The third kappa shape index (κ3) is 3.70. The minimum atomic E-state index is -0.338. The van der Waals surface area contributed by atoms with Crippen molar-refractivity contribution in [1.82, 2.24) is 19.7 Å². The summed E-state index contributed by atoms with van der Waals surface area (Å²) in [7, 11) is 0. The van der Waals surface area contributed by atoms with Gasteiger partial charge in [-0.2, -0.15) is 5.10 Å². The highest BCUT2D eigenvalue weighted by molar-refractivity contribution is 5.94. The van der Waals surface area contributed by atoms with Crippen molar-refractivity contribution in [3.05, 3.63) is 55.1 Å². The molecule has 1 unspecified atom stereocenters. The first kappa shape index (κ1) is 16.2. The number of carbonyl (C=O) groups is 1. The summed E-state index contributed by atoms with van der Waals surface area (Å²) in [5.41, 5.74) is 1.58. The molecule has 4 rings (SSSR count). The molecule has 0 aliphatic carbocycles. The maximum atomic E-state index is 12.1. The number of hydrogen-bond acceptors (Lipinski definition) is 6. The predicted octanol–water partition coefficient (Wildman–Crippen LogP) is 2.52. The van der Waals surface area contributed by atoms with Crippen LogP contribution >= 0.6 is 0 Å². The van der Waals surface area contributed by atoms with Crippen molar-refractivity contribution in [2.24, 2.45) is 0 Å². The molecule has 0 spiro atoms. The molecule has 26 heavy (non-hydrogen) atoms. The normalized spacial score (nSPS) is 16.4. The zero-order valence-electron chi connectivity index (χ0n) is 14.0. The van der Waals surface area contributed by atoms with E-state index in [0.717, 1.165) is 24.2 Å². The minimum absolute atomic E-state index is 0.0946. The summed E-state index contributed by atoms with van der Waals surface area (Å²) in [6, 6.07) is 11.1. The molecule has 2 N–H and O–H groups in total. The molecule has 1 aliphatic rings. The fourth-order valence-electron chi connectivity index (χ4n) is 2.74. The fourth-order valence-corrected chi connectivity index (χ4v) is 2.74. The Bertz CT molecular complexity index is 873. The first-order valence-corrected chi connectivity index (χ1v) is 8.39. The molecular formula is C18H18N6O2. The minimum Gasteiger partial charge on any atom is -0.368 e. The Balaban J connectivity index is 1.41. The van der Waals surface area contributed by atoms with Crippen LogP contribution in [0, 0.1) is 0 Å². The van der Waals surface area contributed by atoms with Gasteiger partial charge in [0.2, 0.25) is 0 Å². The molecule has 132 valence electrons. The van der Waals surface area contributed by atoms with Crippen molar-refractivity contribution in [2.45, 2.75) is 18.9 Å². The number of nitrogens with one attached hydrogen (secondary N) is 2. The zero-order valence-corrected chi connectivity index (χ0v) is 14.0. The van der Waals surface area contributed by atoms with Crippen molar-refractivity contribution in [3.8, 4) is 5.82 Å². The smallest absolute Gasteiger partial charge is 0.253 e. The monoisotopic (exact) mass is 350 g/mol. The van der Waals surface area contributed by atoms with E-state index in [1.54, 1.807) is 16.9 Å². The Hall–Kier alpha value is -3.26. The fraction of sp³-hybridized carbons (Fsp3) is 0.222. The Labute approximate surface area is 150 Å². The average Bonchev–Trinajstić information content (AvgIpc) is 3.38. The van der Waals surface area contributed by atoms with Gasteiger partial charge in [-0.05, 0) is 43.2 Å². The quantitative estimate of drug-likeness (QED) is 0.734. The van der Waals surface area contributed by atoms with Crippen molar-refractivity contribution in [2.75, 3.05) is 17.2 Å². The number of amides is 1. The van der Waals surface area contributed by atoms with Crippen LogP contribution in [-0.4, -0.2) is 38.4 Å². The van der Waals surface area contributed by atoms with Gasteiger partial charge in [0, 0.05) is 36.4 Å². The van der Waals surface area contributed by atoms with Crippen LogP contribution in [0.3, 0.4) is 0 Å². The summed E-state index contributed by atoms with van der Waals surface area (Å²) < 4.78 is 7.05. The van der Waals surface area contributed by atoms with Gasteiger partial charge in [0.15, 0.2) is 5.82 Å². The van der Waals surface area contributed by atoms with Crippen molar-refractivity contribution in [1.29, 1.82) is 0 Å². The van der Waals surface area contributed by atoms with Gasteiger partial charge in [-0.1, -0.05) is 0 Å². The largest absolute Gasteiger partial charge is 0.368 e. The average molecular weight is 350 g/mol. The van der Waals surface area contributed by atoms with Crippen LogP contribution in [-0.2, 0) is 9.53 Å². The summed E-state index contributed by atoms with van der Waals surface area (Å²) in [5, 5.41) is 10.2. The lowest BCUT2D eigenvalue weighted by Gasteiger charge is -2.11. The number of hydrogen-bond donors (Lipinski definition) is 2. The van der Waals surface area contributed by atoms with Crippen molar-refractivity contribution >= 4 is 23.1 Å². The molecule has 0 radical (unpaired) electrons. The van der Waals surface area contributed by atoms with Gasteiger partial charge in [-0.3, -0.25) is 4.79 Å². The van der Waals surface area contributed by atoms with Crippen molar-refractivity contribution < 1.29 is 9.53 Å². The molecular weight excluding hydrogens is 332 g/mol. The highest BCUT2D eigenvalue weighted by Crippen LogP contribution is 2.20. The van der Waals surface area contributed by atoms with Crippen LogP contribution in [0.5, 0.6) is 0 Å². The summed E-state index contributed by atoms with van der Waals surface area (Å²) in [6.07, 6.45) is 6.36. The van der Waals surface area contributed by atoms with E-state index in [0.29, 0.717) is 18.2 Å². The molecule has 1 atom stereocenters. The molecule has 1 aliphatic heterocycles. The Morgan fingerprint density at radius 2 is 2.04 bits per heavy atom. The van der Waals surface area contributed by atoms with Gasteiger partial charge < -0.3 is 15.4 Å². The summed E-state index contributed by atoms with van der Waals surface area (Å²) in [5.74, 6) is 1.23. The van der Waals surface area contributed by atoms with E-state index in [-0.39, 0.29) is 12.0 Å². The number of aromatic nitrogens is 4. The van der Waals surface area contributed by atoms with Gasteiger partial charge >= 0.3 is 0 Å². The van der Waals surface area contributed by atoms with Crippen LogP contribution in [0.1, 0.15) is 12.8 Å². The maximum Gasteiger partial charge on any atom is 0.253 e. The molecule has 1 fully saturated rings. The molecule has 3 aromatic rings. The zero-order chi connectivity index (χ0) is 17.8. The number of benzene rings is 1. The maximum absolute atomic E-state index is 12.1. The first-order chi connectivity index (χ1) is 12.8. The summed E-state index contributed by atoms with van der Waals surface area (Å²) >= 11 is 0. The molecule has 1 saturated heterocycles. The third-order valence-electron chi connectivity index (χ3n) is 4.04.